The van der Waals surface area contributed by atoms with Gasteiger partial charge in [0, 0.05) is 0 Å². The van der Waals surface area contributed by atoms with Gasteiger partial charge < -0.3 is 0 Å². The van der Waals surface area contributed by atoms with Crippen LogP contribution in [0.15, 0.2) is 60.7 Å². The zero-order chi connectivity index (χ0) is 12.8. The molecule has 0 atom stereocenters. The predicted molar refractivity (Wildman–Crippen MR) is 69.4 cm³/mol. The van der Waals surface area contributed by atoms with Crippen LogP contribution < -0.4 is 0 Å². The Bertz CT molecular complexity index is 493. The summed E-state index contributed by atoms with van der Waals surface area (Å²) in [5, 5.41) is 0. The highest BCUT2D eigenvalue weighted by Gasteiger charge is 2.15. The van der Waals surface area contributed by atoms with Crippen molar-refractivity contribution >= 4 is 17.6 Å². The first-order valence-corrected chi connectivity index (χ1v) is 5.20. The van der Waals surface area contributed by atoms with Crippen LogP contribution in [0.5, 0.6) is 0 Å². The van der Waals surface area contributed by atoms with Gasteiger partial charge in [-0.3, -0.25) is 9.59 Å². The molecule has 0 fully saturated rings. The van der Waals surface area contributed by atoms with Gasteiger partial charge >= 0.3 is 0 Å². The molecule has 2 heteroatoms. The number of rotatable bonds is 5. The number of ketones is 2. The van der Waals surface area contributed by atoms with E-state index in [1.807, 2.05) is 30.3 Å². The second kappa shape index (κ2) is 5.75. The summed E-state index contributed by atoms with van der Waals surface area (Å²) in [6, 6.07) is 9.19. The van der Waals surface area contributed by atoms with Crippen molar-refractivity contribution < 1.29 is 9.59 Å². The Morgan fingerprint density at radius 1 is 1.18 bits per heavy atom. The Hall–Kier alpha value is -2.22. The van der Waals surface area contributed by atoms with Crippen LogP contribution in [0.25, 0.3) is 6.08 Å². The first-order valence-electron chi connectivity index (χ1n) is 5.20. The minimum atomic E-state index is -0.387. The van der Waals surface area contributed by atoms with Crippen LogP contribution in [0, 0.1) is 0 Å². The van der Waals surface area contributed by atoms with E-state index in [1.165, 1.54) is 0 Å². The van der Waals surface area contributed by atoms with Gasteiger partial charge in [0.2, 0.25) is 0 Å². The van der Waals surface area contributed by atoms with Crippen molar-refractivity contribution in [2.45, 2.75) is 6.92 Å². The highest BCUT2D eigenvalue weighted by atomic mass is 16.1. The second-order valence-corrected chi connectivity index (χ2v) is 3.65. The molecule has 0 unspecified atom stereocenters. The molecule has 0 amide bonds. The first kappa shape index (κ1) is 12.8. The normalized spacial score (nSPS) is 10.8. The minimum Gasteiger partial charge on any atom is -0.289 e. The van der Waals surface area contributed by atoms with Gasteiger partial charge in [-0.05, 0) is 30.2 Å². The van der Waals surface area contributed by atoms with Crippen molar-refractivity contribution in [2.75, 3.05) is 0 Å². The SMILES string of the molecule is C=CC(=O)C(=Cc1ccccc1)C(=O)C(=C)C. The number of carbonyl (C=O) groups is 2. The highest BCUT2D eigenvalue weighted by molar-refractivity contribution is 6.31. The second-order valence-electron chi connectivity index (χ2n) is 3.65. The molecule has 0 spiro atoms. The summed E-state index contributed by atoms with van der Waals surface area (Å²) in [4.78, 5) is 23.4. The Morgan fingerprint density at radius 3 is 2.24 bits per heavy atom. The number of carbonyl (C=O) groups excluding carboxylic acids is 2. The Balaban J connectivity index is 3.20. The van der Waals surface area contributed by atoms with Crippen molar-refractivity contribution in [1.82, 2.24) is 0 Å². The van der Waals surface area contributed by atoms with E-state index in [2.05, 4.69) is 13.2 Å². The minimum absolute atomic E-state index is 0.0960. The van der Waals surface area contributed by atoms with Crippen molar-refractivity contribution in [1.29, 1.82) is 0 Å². The topological polar surface area (TPSA) is 34.1 Å². The van der Waals surface area contributed by atoms with Crippen molar-refractivity contribution in [3.8, 4) is 0 Å². The summed E-state index contributed by atoms with van der Waals surface area (Å²) >= 11 is 0. The molecular formula is C15H14O2. The fourth-order valence-electron chi connectivity index (χ4n) is 1.30. The van der Waals surface area contributed by atoms with Gasteiger partial charge in [-0.2, -0.15) is 0 Å². The molecule has 0 saturated carbocycles. The van der Waals surface area contributed by atoms with Gasteiger partial charge in [-0.25, -0.2) is 0 Å². The summed E-state index contributed by atoms with van der Waals surface area (Å²) in [5.41, 5.74) is 1.23. The molecule has 0 heterocycles. The van der Waals surface area contributed by atoms with E-state index in [0.29, 0.717) is 5.57 Å². The largest absolute Gasteiger partial charge is 0.289 e. The number of hydrogen-bond donors (Lipinski definition) is 0. The number of benzene rings is 1. The summed E-state index contributed by atoms with van der Waals surface area (Å²) in [7, 11) is 0. The third-order valence-corrected chi connectivity index (χ3v) is 2.19. The fourth-order valence-corrected chi connectivity index (χ4v) is 1.30. The molecule has 0 aliphatic rings. The Labute approximate surface area is 101 Å². The smallest absolute Gasteiger partial charge is 0.192 e. The van der Waals surface area contributed by atoms with Gasteiger partial charge in [0.1, 0.15) is 0 Å². The summed E-state index contributed by atoms with van der Waals surface area (Å²) in [5.74, 6) is -0.736. The Kier molecular flexibility index (Phi) is 4.35. The third-order valence-electron chi connectivity index (χ3n) is 2.19. The molecule has 1 aromatic rings. The van der Waals surface area contributed by atoms with E-state index in [9.17, 15) is 9.59 Å². The van der Waals surface area contributed by atoms with Crippen LogP contribution in [0.4, 0.5) is 0 Å². The van der Waals surface area contributed by atoms with Crippen molar-refractivity contribution in [2.24, 2.45) is 0 Å². The monoisotopic (exact) mass is 226 g/mol. The number of hydrogen-bond acceptors (Lipinski definition) is 2. The molecule has 0 aromatic heterocycles. The lowest BCUT2D eigenvalue weighted by Crippen LogP contribution is -2.11. The lowest BCUT2D eigenvalue weighted by Gasteiger charge is -2.02. The van der Waals surface area contributed by atoms with Gasteiger partial charge in [0.05, 0.1) is 5.57 Å². The molecule has 2 nitrogen and oxygen atoms in total. The molecule has 0 aliphatic heterocycles. The summed E-state index contributed by atoms with van der Waals surface area (Å²) in [6.45, 7) is 8.53. The van der Waals surface area contributed by atoms with Crippen LogP contribution in [-0.2, 0) is 9.59 Å². The quantitative estimate of drug-likeness (QED) is 0.439. The van der Waals surface area contributed by atoms with Gasteiger partial charge in [-0.1, -0.05) is 43.5 Å². The maximum Gasteiger partial charge on any atom is 0.192 e. The third kappa shape index (κ3) is 3.38. The van der Waals surface area contributed by atoms with E-state index in [4.69, 9.17) is 0 Å². The lowest BCUT2D eigenvalue weighted by atomic mass is 9.99. The summed E-state index contributed by atoms with van der Waals surface area (Å²) in [6.07, 6.45) is 2.69. The molecule has 1 rings (SSSR count). The molecule has 86 valence electrons. The van der Waals surface area contributed by atoms with Crippen LogP contribution in [-0.4, -0.2) is 11.6 Å². The predicted octanol–water partition coefficient (Wildman–Crippen LogP) is 2.97. The van der Waals surface area contributed by atoms with Gasteiger partial charge in [0.25, 0.3) is 0 Å². The van der Waals surface area contributed by atoms with E-state index >= 15 is 0 Å². The molecule has 17 heavy (non-hydrogen) atoms. The molecule has 0 saturated heterocycles. The van der Waals surface area contributed by atoms with Crippen LogP contribution >= 0.6 is 0 Å². The van der Waals surface area contributed by atoms with Crippen LogP contribution in [0.3, 0.4) is 0 Å². The van der Waals surface area contributed by atoms with Crippen LogP contribution in [0.1, 0.15) is 12.5 Å². The maximum absolute atomic E-state index is 11.8. The van der Waals surface area contributed by atoms with E-state index in [0.717, 1.165) is 11.6 Å². The van der Waals surface area contributed by atoms with Crippen molar-refractivity contribution in [3.63, 3.8) is 0 Å². The average Bonchev–Trinajstić information content (AvgIpc) is 2.35. The zero-order valence-electron chi connectivity index (χ0n) is 9.77. The molecule has 0 radical (unpaired) electrons. The molecule has 0 bridgehead atoms. The van der Waals surface area contributed by atoms with Crippen LogP contribution in [0.2, 0.25) is 0 Å². The van der Waals surface area contributed by atoms with E-state index < -0.39 is 0 Å². The Morgan fingerprint density at radius 2 is 1.76 bits per heavy atom. The maximum atomic E-state index is 11.8. The average molecular weight is 226 g/mol. The van der Waals surface area contributed by atoms with Gasteiger partial charge in [0.15, 0.2) is 11.6 Å². The molecular weight excluding hydrogens is 212 g/mol. The molecule has 1 aromatic carbocycles. The molecule has 0 aliphatic carbocycles. The first-order chi connectivity index (χ1) is 8.06. The zero-order valence-corrected chi connectivity index (χ0v) is 9.77. The fraction of sp³-hybridized carbons (Fsp3) is 0.0667. The number of Topliss-reactive ketones (excluding diaryl/α,β-unsaturated/α-hetero) is 1. The number of allylic oxidation sites excluding steroid dienone is 3. The highest BCUT2D eigenvalue weighted by Crippen LogP contribution is 2.12. The van der Waals surface area contributed by atoms with E-state index in [-0.39, 0.29) is 17.1 Å². The standard InChI is InChI=1S/C15H14O2/c1-4-14(16)13(15(17)11(2)3)10-12-8-6-5-7-9-12/h4-10H,1-2H2,3H3. The van der Waals surface area contributed by atoms with E-state index in [1.54, 1.807) is 13.0 Å². The molecule has 0 N–H and O–H groups in total. The van der Waals surface area contributed by atoms with Crippen molar-refractivity contribution in [3.05, 3.63) is 66.3 Å². The summed E-state index contributed by atoms with van der Waals surface area (Å²) < 4.78 is 0. The lowest BCUT2D eigenvalue weighted by molar-refractivity contribution is -0.117. The van der Waals surface area contributed by atoms with Gasteiger partial charge in [-0.15, -0.1) is 0 Å².